The number of hydrogen-bond acceptors (Lipinski definition) is 2. The van der Waals surface area contributed by atoms with Crippen molar-refractivity contribution in [2.24, 2.45) is 5.92 Å². The highest BCUT2D eigenvalue weighted by Crippen LogP contribution is 2.41. The van der Waals surface area contributed by atoms with E-state index in [1.165, 1.54) is 0 Å². The Hall–Kier alpha value is -0.850. The molecule has 0 spiro atoms. The molecular weight excluding hydrogens is 407 g/mol. The molecule has 0 amide bonds. The first kappa shape index (κ1) is 24.2. The summed E-state index contributed by atoms with van der Waals surface area (Å²) in [5.41, 5.74) is -4.77. The number of piperidine rings is 1. The minimum Gasteiger partial charge on any atom is -0.371 e. The van der Waals surface area contributed by atoms with Gasteiger partial charge >= 0.3 is 18.3 Å². The van der Waals surface area contributed by atoms with Gasteiger partial charge < -0.3 is 4.74 Å². The van der Waals surface area contributed by atoms with Crippen LogP contribution in [-0.4, -0.2) is 67.6 Å². The van der Waals surface area contributed by atoms with Crippen molar-refractivity contribution in [3.63, 3.8) is 0 Å². The fourth-order valence-electron chi connectivity index (χ4n) is 2.48. The van der Waals surface area contributed by atoms with Gasteiger partial charge in [-0.3, -0.25) is 4.90 Å². The van der Waals surface area contributed by atoms with Crippen molar-refractivity contribution in [2.75, 3.05) is 26.3 Å². The van der Waals surface area contributed by atoms with Crippen LogP contribution in [0, 0.1) is 5.92 Å². The predicted octanol–water partition coefficient (Wildman–Crippen LogP) is 4.84. The second-order valence-corrected chi connectivity index (χ2v) is 6.57. The topological polar surface area (TPSA) is 12.5 Å². The lowest BCUT2D eigenvalue weighted by molar-refractivity contribution is -0.294. The SMILES string of the molecule is CC1CCN(C(F)C(F)(COCC(F)(F)C(F)C(F)(F)F)C(F)(F)F)CC1. The van der Waals surface area contributed by atoms with Crippen molar-refractivity contribution >= 4 is 0 Å². The molecule has 0 saturated carbocycles. The highest BCUT2D eigenvalue weighted by Gasteiger charge is 2.64. The molecule has 0 aliphatic carbocycles. The lowest BCUT2D eigenvalue weighted by atomic mass is 9.96. The molecule has 1 fully saturated rings. The lowest BCUT2D eigenvalue weighted by Crippen LogP contribution is -2.60. The van der Waals surface area contributed by atoms with E-state index in [0.29, 0.717) is 4.90 Å². The third kappa shape index (κ3) is 5.81. The number of likely N-dealkylation sites (tertiary alicyclic amines) is 1. The molecule has 13 heteroatoms. The Kier molecular flexibility index (Phi) is 7.40. The zero-order valence-corrected chi connectivity index (χ0v) is 14.0. The van der Waals surface area contributed by atoms with Gasteiger partial charge in [0.05, 0.1) is 6.61 Å². The largest absolute Gasteiger partial charge is 0.429 e. The van der Waals surface area contributed by atoms with Crippen LogP contribution in [0.1, 0.15) is 19.8 Å². The second-order valence-electron chi connectivity index (χ2n) is 6.57. The Morgan fingerprint density at radius 2 is 1.37 bits per heavy atom. The van der Waals surface area contributed by atoms with Gasteiger partial charge in [-0.2, -0.15) is 26.3 Å². The molecule has 1 saturated heterocycles. The van der Waals surface area contributed by atoms with Crippen molar-refractivity contribution in [3.8, 4) is 0 Å². The zero-order chi connectivity index (χ0) is 21.3. The molecule has 1 aliphatic heterocycles. The van der Waals surface area contributed by atoms with Gasteiger partial charge in [-0.15, -0.1) is 0 Å². The van der Waals surface area contributed by atoms with E-state index in [4.69, 9.17) is 0 Å². The van der Waals surface area contributed by atoms with Gasteiger partial charge in [0.1, 0.15) is 6.61 Å². The minimum absolute atomic E-state index is 0.0622. The van der Waals surface area contributed by atoms with Crippen LogP contribution in [0.4, 0.5) is 48.3 Å². The van der Waals surface area contributed by atoms with E-state index in [1.54, 1.807) is 6.92 Å². The summed E-state index contributed by atoms with van der Waals surface area (Å²) in [6.07, 6.45) is -19.4. The molecule has 0 aromatic carbocycles. The van der Waals surface area contributed by atoms with Crippen LogP contribution < -0.4 is 0 Å². The average Bonchev–Trinajstić information content (AvgIpc) is 2.51. The minimum atomic E-state index is -6.00. The van der Waals surface area contributed by atoms with Crippen molar-refractivity contribution in [2.45, 2.75) is 56.2 Å². The Morgan fingerprint density at radius 1 is 0.889 bits per heavy atom. The molecule has 0 N–H and O–H groups in total. The molecule has 27 heavy (non-hydrogen) atoms. The molecule has 0 bridgehead atoms. The van der Waals surface area contributed by atoms with Gasteiger partial charge in [-0.25, -0.2) is 22.0 Å². The third-order valence-electron chi connectivity index (χ3n) is 4.25. The lowest BCUT2D eigenvalue weighted by Gasteiger charge is -2.39. The number of nitrogens with zero attached hydrogens (tertiary/aromatic N) is 1. The van der Waals surface area contributed by atoms with E-state index in [0.717, 1.165) is 0 Å². The first-order valence-electron chi connectivity index (χ1n) is 7.82. The summed E-state index contributed by atoms with van der Waals surface area (Å²) in [6, 6.07) is 0. The summed E-state index contributed by atoms with van der Waals surface area (Å²) in [5, 5.41) is 0. The average molecular weight is 425 g/mol. The van der Waals surface area contributed by atoms with Crippen molar-refractivity contribution in [1.29, 1.82) is 0 Å². The predicted molar refractivity (Wildman–Crippen MR) is 71.5 cm³/mol. The summed E-state index contributed by atoms with van der Waals surface area (Å²) >= 11 is 0. The molecule has 1 rings (SSSR count). The first-order chi connectivity index (χ1) is 12.0. The van der Waals surface area contributed by atoms with Gasteiger partial charge in [0.15, 0.2) is 6.30 Å². The van der Waals surface area contributed by atoms with Gasteiger partial charge in [0, 0.05) is 13.1 Å². The standard InChI is InChI=1S/C14H18F11NO/c1-8-2-4-26(5-3-8)10(16)11(17,14(23,24)25)6-27-7-12(18,19)9(15)13(20,21)22/h8-10H,2-7H2,1H3. The molecular formula is C14H18F11NO. The molecule has 2 nitrogen and oxygen atoms in total. The van der Waals surface area contributed by atoms with E-state index in [-0.39, 0.29) is 31.8 Å². The van der Waals surface area contributed by atoms with Crippen LogP contribution in [-0.2, 0) is 4.74 Å². The maximum atomic E-state index is 14.4. The van der Waals surface area contributed by atoms with E-state index in [9.17, 15) is 48.3 Å². The van der Waals surface area contributed by atoms with Crippen molar-refractivity contribution < 1.29 is 53.0 Å². The molecule has 0 aromatic heterocycles. The van der Waals surface area contributed by atoms with E-state index >= 15 is 0 Å². The number of alkyl halides is 11. The Balaban J connectivity index is 2.83. The fraction of sp³-hybridized carbons (Fsp3) is 1.00. The summed E-state index contributed by atoms with van der Waals surface area (Å²) < 4.78 is 146. The quantitative estimate of drug-likeness (QED) is 0.428. The van der Waals surface area contributed by atoms with E-state index < -0.39 is 49.6 Å². The smallest absolute Gasteiger partial charge is 0.371 e. The third-order valence-corrected chi connectivity index (χ3v) is 4.25. The van der Waals surface area contributed by atoms with Crippen LogP contribution in [0.15, 0.2) is 0 Å². The van der Waals surface area contributed by atoms with Crippen LogP contribution in [0.2, 0.25) is 0 Å². The maximum Gasteiger partial charge on any atom is 0.429 e. The molecule has 1 heterocycles. The van der Waals surface area contributed by atoms with Crippen LogP contribution in [0.3, 0.4) is 0 Å². The zero-order valence-electron chi connectivity index (χ0n) is 14.0. The number of halogens is 11. The monoisotopic (exact) mass is 425 g/mol. The normalized spacial score (nSPS) is 23.1. The Morgan fingerprint density at radius 3 is 1.78 bits per heavy atom. The second kappa shape index (κ2) is 8.26. The van der Waals surface area contributed by atoms with Gasteiger partial charge in [0.2, 0.25) is 0 Å². The molecule has 1 aliphatic rings. The van der Waals surface area contributed by atoms with Gasteiger partial charge in [0.25, 0.3) is 11.8 Å². The summed E-state index contributed by atoms with van der Waals surface area (Å²) in [6.45, 7) is -3.57. The summed E-state index contributed by atoms with van der Waals surface area (Å²) in [4.78, 5) is 0.517. The summed E-state index contributed by atoms with van der Waals surface area (Å²) in [7, 11) is 0. The van der Waals surface area contributed by atoms with Crippen LogP contribution >= 0.6 is 0 Å². The van der Waals surface area contributed by atoms with Crippen LogP contribution in [0.5, 0.6) is 0 Å². The first-order valence-corrected chi connectivity index (χ1v) is 7.82. The van der Waals surface area contributed by atoms with E-state index in [2.05, 4.69) is 4.74 Å². The maximum absolute atomic E-state index is 14.4. The Bertz CT molecular complexity index is 473. The van der Waals surface area contributed by atoms with E-state index in [1.807, 2.05) is 0 Å². The van der Waals surface area contributed by atoms with Crippen LogP contribution in [0.25, 0.3) is 0 Å². The molecule has 0 radical (unpaired) electrons. The number of hydrogen-bond donors (Lipinski definition) is 0. The molecule has 3 unspecified atom stereocenters. The number of ether oxygens (including phenoxy) is 1. The van der Waals surface area contributed by atoms with Gasteiger partial charge in [-0.05, 0) is 18.8 Å². The highest BCUT2D eigenvalue weighted by molar-refractivity contribution is 4.96. The highest BCUT2D eigenvalue weighted by atomic mass is 19.4. The van der Waals surface area contributed by atoms with Crippen molar-refractivity contribution in [1.82, 2.24) is 4.90 Å². The fourth-order valence-corrected chi connectivity index (χ4v) is 2.48. The number of rotatable bonds is 7. The van der Waals surface area contributed by atoms with Crippen molar-refractivity contribution in [3.05, 3.63) is 0 Å². The molecule has 0 aromatic rings. The Labute approximate surface area is 147 Å². The van der Waals surface area contributed by atoms with Gasteiger partial charge in [-0.1, -0.05) is 6.92 Å². The summed E-state index contributed by atoms with van der Waals surface area (Å²) in [5.74, 6) is -5.20. The molecule has 3 atom stereocenters. The molecule has 162 valence electrons.